The highest BCUT2D eigenvalue weighted by Gasteiger charge is 2.33. The number of aromatic nitrogens is 2. The number of Topliss-reactive ketones (excluding diaryl/α,β-unsaturated/α-hetero) is 2. The lowest BCUT2D eigenvalue weighted by Crippen LogP contribution is -2.40. The Labute approximate surface area is 170 Å². The minimum atomic E-state index is -0.901. The Balaban J connectivity index is 1.97. The molecule has 0 saturated carbocycles. The molecule has 8 heteroatoms. The highest BCUT2D eigenvalue weighted by molar-refractivity contribution is 6.02. The number of carbonyl (C=O) groups excluding carboxylic acids is 2. The minimum Gasteiger partial charge on any atom is -0.505 e. The summed E-state index contributed by atoms with van der Waals surface area (Å²) in [5.74, 6) is -1.39. The van der Waals surface area contributed by atoms with Gasteiger partial charge in [-0.3, -0.25) is 23.9 Å². The van der Waals surface area contributed by atoms with Crippen LogP contribution in [0.5, 0.6) is 11.5 Å². The third-order valence-electron chi connectivity index (χ3n) is 5.25. The van der Waals surface area contributed by atoms with Crippen molar-refractivity contribution < 1.29 is 23.8 Å². The van der Waals surface area contributed by atoms with E-state index >= 15 is 0 Å². The predicted octanol–water partition coefficient (Wildman–Crippen LogP) is 2.77. The van der Waals surface area contributed by atoms with E-state index in [1.807, 2.05) is 0 Å². The van der Waals surface area contributed by atoms with Gasteiger partial charge < -0.3 is 9.84 Å². The van der Waals surface area contributed by atoms with Crippen LogP contribution in [-0.4, -0.2) is 32.3 Å². The molecule has 1 aromatic carbocycles. The summed E-state index contributed by atoms with van der Waals surface area (Å²) >= 11 is 0. The smallest absolute Gasteiger partial charge is 0.266 e. The molecule has 0 fully saturated rings. The van der Waals surface area contributed by atoms with E-state index in [0.717, 1.165) is 5.56 Å². The molecule has 1 aliphatic rings. The summed E-state index contributed by atoms with van der Waals surface area (Å²) in [6, 6.07) is 5.90. The summed E-state index contributed by atoms with van der Waals surface area (Å²) in [4.78, 5) is 41.6. The van der Waals surface area contributed by atoms with Crippen molar-refractivity contribution in [3.8, 4) is 11.5 Å². The summed E-state index contributed by atoms with van der Waals surface area (Å²) in [6.07, 6.45) is 1.10. The van der Waals surface area contributed by atoms with Crippen LogP contribution in [0.25, 0.3) is 11.0 Å². The van der Waals surface area contributed by atoms with E-state index in [4.69, 9.17) is 4.74 Å². The number of halogens is 1. The van der Waals surface area contributed by atoms with Crippen LogP contribution in [0.3, 0.4) is 0 Å². The molecule has 2 aromatic heterocycles. The van der Waals surface area contributed by atoms with Crippen LogP contribution < -0.4 is 10.3 Å². The number of aromatic hydroxyl groups is 1. The van der Waals surface area contributed by atoms with Crippen LogP contribution in [0.4, 0.5) is 4.39 Å². The van der Waals surface area contributed by atoms with E-state index in [-0.39, 0.29) is 46.9 Å². The number of hydrogen-bond acceptors (Lipinski definition) is 6. The normalized spacial score (nSPS) is 15.1. The van der Waals surface area contributed by atoms with E-state index < -0.39 is 23.2 Å². The van der Waals surface area contributed by atoms with Crippen LogP contribution in [-0.2, 0) is 17.8 Å². The second-order valence-corrected chi connectivity index (χ2v) is 7.23. The zero-order valence-corrected chi connectivity index (χ0v) is 16.4. The molecular formula is C22H19FN2O5. The van der Waals surface area contributed by atoms with Crippen LogP contribution in [0.1, 0.15) is 41.8 Å². The molecule has 1 atom stereocenters. The fourth-order valence-corrected chi connectivity index (χ4v) is 3.71. The molecule has 0 amide bonds. The quantitative estimate of drug-likeness (QED) is 0.650. The summed E-state index contributed by atoms with van der Waals surface area (Å²) in [5, 5.41) is 10.5. The lowest BCUT2D eigenvalue weighted by Gasteiger charge is -2.28. The van der Waals surface area contributed by atoms with Crippen molar-refractivity contribution in [3.05, 3.63) is 63.3 Å². The SMILES string of the molecule is CCC(=O)[C@@H]1Cn2c(=O)c(C(C)=O)c(O)c3ncc(Cc4ccc(F)cc4)c(c32)O1. The summed E-state index contributed by atoms with van der Waals surface area (Å²) in [7, 11) is 0. The Morgan fingerprint density at radius 1 is 1.30 bits per heavy atom. The van der Waals surface area contributed by atoms with Crippen LogP contribution >= 0.6 is 0 Å². The maximum Gasteiger partial charge on any atom is 0.266 e. The van der Waals surface area contributed by atoms with Gasteiger partial charge in [0.1, 0.15) is 22.4 Å². The lowest BCUT2D eigenvalue weighted by atomic mass is 10.0. The van der Waals surface area contributed by atoms with Crippen molar-refractivity contribution in [1.82, 2.24) is 9.55 Å². The van der Waals surface area contributed by atoms with Gasteiger partial charge in [0.25, 0.3) is 5.56 Å². The van der Waals surface area contributed by atoms with Crippen LogP contribution in [0.15, 0.2) is 35.3 Å². The van der Waals surface area contributed by atoms with E-state index in [9.17, 15) is 23.9 Å². The van der Waals surface area contributed by atoms with Crippen molar-refractivity contribution in [2.45, 2.75) is 39.3 Å². The van der Waals surface area contributed by atoms with E-state index in [1.54, 1.807) is 19.1 Å². The monoisotopic (exact) mass is 410 g/mol. The maximum atomic E-state index is 13.2. The zero-order chi connectivity index (χ0) is 21.6. The average molecular weight is 410 g/mol. The van der Waals surface area contributed by atoms with Crippen LogP contribution in [0, 0.1) is 5.82 Å². The molecule has 0 radical (unpaired) electrons. The molecule has 0 bridgehead atoms. The van der Waals surface area contributed by atoms with Gasteiger partial charge in [-0.2, -0.15) is 0 Å². The van der Waals surface area contributed by atoms with Gasteiger partial charge in [-0.25, -0.2) is 4.39 Å². The van der Waals surface area contributed by atoms with E-state index in [2.05, 4.69) is 4.98 Å². The molecule has 0 aliphatic carbocycles. The van der Waals surface area contributed by atoms with Gasteiger partial charge >= 0.3 is 0 Å². The first-order chi connectivity index (χ1) is 14.3. The molecule has 0 spiro atoms. The third kappa shape index (κ3) is 3.14. The van der Waals surface area contributed by atoms with Gasteiger partial charge in [-0.1, -0.05) is 19.1 Å². The fourth-order valence-electron chi connectivity index (χ4n) is 3.71. The van der Waals surface area contributed by atoms with E-state index in [1.165, 1.54) is 29.8 Å². The Kier molecular flexibility index (Phi) is 4.85. The molecule has 4 rings (SSSR count). The van der Waals surface area contributed by atoms with Gasteiger partial charge in [-0.15, -0.1) is 0 Å². The molecule has 0 unspecified atom stereocenters. The van der Waals surface area contributed by atoms with Crippen molar-refractivity contribution in [3.63, 3.8) is 0 Å². The summed E-state index contributed by atoms with van der Waals surface area (Å²) in [5.41, 5.74) is 0.594. The number of carbonyl (C=O) groups is 2. The van der Waals surface area contributed by atoms with Gasteiger partial charge in [0, 0.05) is 24.6 Å². The van der Waals surface area contributed by atoms with Gasteiger partial charge in [0.15, 0.2) is 29.2 Å². The topological polar surface area (TPSA) is 98.5 Å². The number of rotatable bonds is 5. The highest BCUT2D eigenvalue weighted by Crippen LogP contribution is 2.38. The first-order valence-corrected chi connectivity index (χ1v) is 9.53. The van der Waals surface area contributed by atoms with Crippen molar-refractivity contribution >= 4 is 22.6 Å². The fraction of sp³-hybridized carbons (Fsp3) is 0.273. The number of ether oxygens (including phenoxy) is 1. The third-order valence-corrected chi connectivity index (χ3v) is 5.25. The Morgan fingerprint density at radius 2 is 2.00 bits per heavy atom. The molecule has 1 aliphatic heterocycles. The second-order valence-electron chi connectivity index (χ2n) is 7.23. The minimum absolute atomic E-state index is 0.0556. The molecule has 1 N–H and O–H groups in total. The Hall–Kier alpha value is -3.55. The molecule has 154 valence electrons. The number of hydrogen-bond donors (Lipinski definition) is 1. The van der Waals surface area contributed by atoms with Gasteiger partial charge in [0.05, 0.1) is 6.54 Å². The zero-order valence-electron chi connectivity index (χ0n) is 16.4. The standard InChI is InChI=1S/C22H19FN2O5/c1-3-15(27)16-10-25-19-18(20(28)17(11(2)26)22(25)29)24-9-13(21(19)30-16)8-12-4-6-14(23)7-5-12/h4-7,9,16,28H,3,8,10H2,1-2H3/t16-/m0/s1. The summed E-state index contributed by atoms with van der Waals surface area (Å²) < 4.78 is 20.5. The van der Waals surface area contributed by atoms with Crippen molar-refractivity contribution in [2.24, 2.45) is 0 Å². The number of ketones is 2. The average Bonchev–Trinajstić information content (AvgIpc) is 2.73. The van der Waals surface area contributed by atoms with Gasteiger partial charge in [0.2, 0.25) is 0 Å². The lowest BCUT2D eigenvalue weighted by molar-refractivity contribution is -0.126. The molecule has 0 saturated heterocycles. The molecule has 30 heavy (non-hydrogen) atoms. The van der Waals surface area contributed by atoms with Crippen LogP contribution in [0.2, 0.25) is 0 Å². The Morgan fingerprint density at radius 3 is 2.63 bits per heavy atom. The Bertz CT molecular complexity index is 1250. The number of pyridine rings is 2. The first-order valence-electron chi connectivity index (χ1n) is 9.53. The second kappa shape index (κ2) is 7.37. The highest BCUT2D eigenvalue weighted by atomic mass is 19.1. The number of benzene rings is 1. The van der Waals surface area contributed by atoms with Crippen molar-refractivity contribution in [1.29, 1.82) is 0 Å². The number of nitrogens with zero attached hydrogens (tertiary/aromatic N) is 2. The predicted molar refractivity (Wildman–Crippen MR) is 107 cm³/mol. The largest absolute Gasteiger partial charge is 0.505 e. The summed E-state index contributed by atoms with van der Waals surface area (Å²) in [6.45, 7) is 2.81. The molecule has 7 nitrogen and oxygen atoms in total. The first kappa shape index (κ1) is 19.8. The maximum absolute atomic E-state index is 13.2. The molecule has 3 heterocycles. The van der Waals surface area contributed by atoms with Gasteiger partial charge in [-0.05, 0) is 24.6 Å². The molecular weight excluding hydrogens is 391 g/mol. The van der Waals surface area contributed by atoms with Crippen molar-refractivity contribution in [2.75, 3.05) is 0 Å². The van der Waals surface area contributed by atoms with E-state index in [0.29, 0.717) is 12.0 Å². The molecule has 3 aromatic rings.